The molecular formula is C19H23N3O. The Balaban J connectivity index is 1.57. The van der Waals surface area contributed by atoms with Gasteiger partial charge < -0.3 is 4.42 Å². The molecule has 0 saturated heterocycles. The fraction of sp³-hybridized carbons (Fsp3) is 0.632. The molecule has 0 N–H and O–H groups in total. The lowest BCUT2D eigenvalue weighted by atomic mass is 9.49. The van der Waals surface area contributed by atoms with Gasteiger partial charge in [-0.3, -0.25) is 0 Å². The molecule has 0 aromatic carbocycles. The van der Waals surface area contributed by atoms with Crippen LogP contribution in [0.5, 0.6) is 0 Å². The molecule has 0 unspecified atom stereocenters. The molecule has 4 heteroatoms. The van der Waals surface area contributed by atoms with Crippen molar-refractivity contribution in [1.82, 2.24) is 15.0 Å². The van der Waals surface area contributed by atoms with Gasteiger partial charge in [-0.05, 0) is 69.3 Å². The minimum absolute atomic E-state index is 0.230. The summed E-state index contributed by atoms with van der Waals surface area (Å²) >= 11 is 0. The number of aryl methyl sites for hydroxylation is 2. The lowest BCUT2D eigenvalue weighted by molar-refractivity contribution is -0.00935. The van der Waals surface area contributed by atoms with Gasteiger partial charge >= 0.3 is 0 Å². The first-order chi connectivity index (χ1) is 11.1. The van der Waals surface area contributed by atoms with E-state index >= 15 is 0 Å². The third-order valence-corrected chi connectivity index (χ3v) is 6.30. The predicted octanol–water partition coefficient (Wildman–Crippen LogP) is 4.22. The number of aromatic nitrogens is 3. The fourth-order valence-corrected chi connectivity index (χ4v) is 5.89. The van der Waals surface area contributed by atoms with Crippen LogP contribution >= 0.6 is 0 Å². The standard InChI is InChI=1S/C19H23N3O/c1-11-17(23-12(2)21-11)16-3-4-20-18(22-16)19-8-13-5-14(9-19)7-15(6-13)10-19/h3-4,13-15H,5-10H2,1-2H3. The quantitative estimate of drug-likeness (QED) is 0.833. The van der Waals surface area contributed by atoms with Crippen LogP contribution in [0, 0.1) is 31.6 Å². The maximum Gasteiger partial charge on any atom is 0.192 e. The van der Waals surface area contributed by atoms with Crippen molar-refractivity contribution < 1.29 is 4.42 Å². The summed E-state index contributed by atoms with van der Waals surface area (Å²) in [6.07, 6.45) is 10.1. The normalized spacial score (nSPS) is 35.0. The van der Waals surface area contributed by atoms with Gasteiger partial charge in [0.1, 0.15) is 11.5 Å². The molecule has 4 aliphatic rings. The van der Waals surface area contributed by atoms with Crippen LogP contribution in [0.2, 0.25) is 0 Å². The molecule has 23 heavy (non-hydrogen) atoms. The summed E-state index contributed by atoms with van der Waals surface area (Å²) < 4.78 is 5.77. The Morgan fingerprint density at radius 3 is 2.22 bits per heavy atom. The molecular weight excluding hydrogens is 286 g/mol. The van der Waals surface area contributed by atoms with Crippen molar-refractivity contribution in [3.8, 4) is 11.5 Å². The molecule has 6 rings (SSSR count). The van der Waals surface area contributed by atoms with Crippen molar-refractivity contribution in [2.75, 3.05) is 0 Å². The maximum absolute atomic E-state index is 5.77. The molecule has 0 spiro atoms. The Hall–Kier alpha value is -1.71. The van der Waals surface area contributed by atoms with Gasteiger partial charge in [-0.15, -0.1) is 0 Å². The summed E-state index contributed by atoms with van der Waals surface area (Å²) in [4.78, 5) is 14.1. The van der Waals surface area contributed by atoms with Gasteiger partial charge in [0.05, 0.1) is 5.69 Å². The highest BCUT2D eigenvalue weighted by Gasteiger charge is 2.53. The van der Waals surface area contributed by atoms with Crippen molar-refractivity contribution in [3.05, 3.63) is 29.7 Å². The first kappa shape index (κ1) is 13.7. The minimum atomic E-state index is 0.230. The highest BCUT2D eigenvalue weighted by molar-refractivity contribution is 5.54. The Labute approximate surface area is 136 Å². The Morgan fingerprint density at radius 2 is 1.65 bits per heavy atom. The van der Waals surface area contributed by atoms with E-state index in [4.69, 9.17) is 14.4 Å². The Kier molecular flexibility index (Phi) is 2.77. The Morgan fingerprint density at radius 1 is 1.00 bits per heavy atom. The SMILES string of the molecule is Cc1nc(C)c(-c2ccnc(C34CC5CC(CC(C5)C3)C4)n2)o1. The van der Waals surface area contributed by atoms with Crippen LogP contribution in [0.4, 0.5) is 0 Å². The molecule has 0 amide bonds. The molecule has 4 aliphatic carbocycles. The monoisotopic (exact) mass is 309 g/mol. The van der Waals surface area contributed by atoms with Crippen LogP contribution in [0.1, 0.15) is 55.9 Å². The smallest absolute Gasteiger partial charge is 0.192 e. The van der Waals surface area contributed by atoms with E-state index in [1.54, 1.807) is 0 Å². The highest BCUT2D eigenvalue weighted by Crippen LogP contribution is 2.60. The van der Waals surface area contributed by atoms with Gasteiger partial charge in [-0.25, -0.2) is 15.0 Å². The van der Waals surface area contributed by atoms with Crippen molar-refractivity contribution in [1.29, 1.82) is 0 Å². The second-order valence-electron chi connectivity index (χ2n) is 8.11. The summed E-state index contributed by atoms with van der Waals surface area (Å²) in [6, 6.07) is 1.96. The van der Waals surface area contributed by atoms with Crippen LogP contribution in [0.25, 0.3) is 11.5 Å². The van der Waals surface area contributed by atoms with Crippen LogP contribution < -0.4 is 0 Å². The highest BCUT2D eigenvalue weighted by atomic mass is 16.4. The van der Waals surface area contributed by atoms with Gasteiger partial charge in [0.15, 0.2) is 11.7 Å². The summed E-state index contributed by atoms with van der Waals surface area (Å²) in [5.41, 5.74) is 2.04. The van der Waals surface area contributed by atoms with Crippen LogP contribution in [0.3, 0.4) is 0 Å². The summed E-state index contributed by atoms with van der Waals surface area (Å²) in [6.45, 7) is 3.87. The molecule has 2 aromatic rings. The summed E-state index contributed by atoms with van der Waals surface area (Å²) in [5, 5.41) is 0. The molecule has 4 bridgehead atoms. The van der Waals surface area contributed by atoms with Crippen LogP contribution in [-0.2, 0) is 5.41 Å². The zero-order valence-corrected chi connectivity index (χ0v) is 13.9. The van der Waals surface area contributed by atoms with Crippen molar-refractivity contribution >= 4 is 0 Å². The van der Waals surface area contributed by atoms with Crippen molar-refractivity contribution in [2.45, 2.75) is 57.8 Å². The summed E-state index contributed by atoms with van der Waals surface area (Å²) in [7, 11) is 0. The molecule has 0 radical (unpaired) electrons. The predicted molar refractivity (Wildman–Crippen MR) is 86.9 cm³/mol. The molecule has 4 saturated carbocycles. The van der Waals surface area contributed by atoms with E-state index in [0.717, 1.165) is 40.7 Å². The summed E-state index contributed by atoms with van der Waals surface area (Å²) in [5.74, 6) is 5.28. The average molecular weight is 309 g/mol. The molecule has 120 valence electrons. The van der Waals surface area contributed by atoms with Gasteiger partial charge in [-0.2, -0.15) is 0 Å². The van der Waals surface area contributed by atoms with Gasteiger partial charge in [0.2, 0.25) is 0 Å². The van der Waals surface area contributed by atoms with E-state index in [9.17, 15) is 0 Å². The molecule has 4 fully saturated rings. The third kappa shape index (κ3) is 2.07. The van der Waals surface area contributed by atoms with E-state index in [-0.39, 0.29) is 5.41 Å². The molecule has 0 atom stereocenters. The molecule has 0 aliphatic heterocycles. The maximum atomic E-state index is 5.77. The van der Waals surface area contributed by atoms with E-state index in [0.29, 0.717) is 5.89 Å². The number of hydrogen-bond acceptors (Lipinski definition) is 4. The first-order valence-corrected chi connectivity index (χ1v) is 8.89. The molecule has 2 aromatic heterocycles. The van der Waals surface area contributed by atoms with Crippen molar-refractivity contribution in [2.24, 2.45) is 17.8 Å². The minimum Gasteiger partial charge on any atom is -0.439 e. The van der Waals surface area contributed by atoms with Gasteiger partial charge in [0, 0.05) is 18.5 Å². The molecule has 2 heterocycles. The third-order valence-electron chi connectivity index (χ3n) is 6.30. The first-order valence-electron chi connectivity index (χ1n) is 8.89. The number of rotatable bonds is 2. The number of oxazole rings is 1. The van der Waals surface area contributed by atoms with Crippen molar-refractivity contribution in [3.63, 3.8) is 0 Å². The fourth-order valence-electron chi connectivity index (χ4n) is 5.89. The van der Waals surface area contributed by atoms with Crippen LogP contribution in [-0.4, -0.2) is 15.0 Å². The lowest BCUT2D eigenvalue weighted by Crippen LogP contribution is -2.49. The average Bonchev–Trinajstić information content (AvgIpc) is 2.85. The molecule has 4 nitrogen and oxygen atoms in total. The van der Waals surface area contributed by atoms with Gasteiger partial charge in [0.25, 0.3) is 0 Å². The van der Waals surface area contributed by atoms with E-state index < -0.39 is 0 Å². The van der Waals surface area contributed by atoms with E-state index in [1.165, 1.54) is 38.5 Å². The second-order valence-corrected chi connectivity index (χ2v) is 8.11. The number of hydrogen-bond donors (Lipinski definition) is 0. The Bertz CT molecular complexity index is 728. The van der Waals surface area contributed by atoms with E-state index in [1.807, 2.05) is 26.1 Å². The van der Waals surface area contributed by atoms with Gasteiger partial charge in [-0.1, -0.05) is 0 Å². The van der Waals surface area contributed by atoms with E-state index in [2.05, 4.69) is 4.98 Å². The largest absolute Gasteiger partial charge is 0.439 e. The zero-order valence-electron chi connectivity index (χ0n) is 13.9. The second kappa shape index (κ2) is 4.65. The zero-order chi connectivity index (χ0) is 15.6. The van der Waals surface area contributed by atoms with Crippen LogP contribution in [0.15, 0.2) is 16.7 Å². The lowest BCUT2D eigenvalue weighted by Gasteiger charge is -2.55. The topological polar surface area (TPSA) is 51.8 Å². The number of nitrogens with zero attached hydrogens (tertiary/aromatic N) is 3.